The van der Waals surface area contributed by atoms with Crippen LogP contribution in [-0.2, 0) is 12.1 Å². The number of hydrogen-bond donors (Lipinski definition) is 1. The molecule has 1 N–H and O–H groups in total. The van der Waals surface area contributed by atoms with E-state index < -0.39 is 0 Å². The van der Waals surface area contributed by atoms with Gasteiger partial charge in [-0.15, -0.1) is 5.10 Å². The molecule has 0 aliphatic rings. The summed E-state index contributed by atoms with van der Waals surface area (Å²) in [6.45, 7) is 6.94. The smallest absolute Gasteiger partial charge is 0.102 e. The standard InChI is InChI=1S/C13H16ClIN4/c1-13(2,3)19-8-10(17-18-19)7-16-12-5-4-9(14)6-11(12)15/h4-6,8,16H,7H2,1-3H3. The Hall–Kier alpha value is -0.820. The van der Waals surface area contributed by atoms with Gasteiger partial charge in [-0.2, -0.15) is 0 Å². The fourth-order valence-corrected chi connectivity index (χ4v) is 2.59. The van der Waals surface area contributed by atoms with Crippen molar-refractivity contribution in [1.82, 2.24) is 15.0 Å². The number of hydrogen-bond acceptors (Lipinski definition) is 3. The summed E-state index contributed by atoms with van der Waals surface area (Å²) in [5.41, 5.74) is 1.93. The van der Waals surface area contributed by atoms with Crippen LogP contribution >= 0.6 is 34.2 Å². The molecule has 1 aromatic carbocycles. The summed E-state index contributed by atoms with van der Waals surface area (Å²) >= 11 is 8.19. The van der Waals surface area contributed by atoms with Crippen molar-refractivity contribution in [3.63, 3.8) is 0 Å². The number of benzene rings is 1. The molecule has 0 spiro atoms. The molecule has 0 saturated heterocycles. The maximum absolute atomic E-state index is 5.93. The Labute approximate surface area is 131 Å². The van der Waals surface area contributed by atoms with E-state index in [1.54, 1.807) is 0 Å². The summed E-state index contributed by atoms with van der Waals surface area (Å²) in [5, 5.41) is 12.4. The third kappa shape index (κ3) is 3.82. The first kappa shape index (κ1) is 14.6. The van der Waals surface area contributed by atoms with Crippen LogP contribution < -0.4 is 5.32 Å². The number of anilines is 1. The molecule has 1 aromatic heterocycles. The molecule has 0 atom stereocenters. The van der Waals surface area contributed by atoms with Gasteiger partial charge in [-0.3, -0.25) is 0 Å². The molecule has 2 aromatic rings. The summed E-state index contributed by atoms with van der Waals surface area (Å²) in [4.78, 5) is 0. The number of rotatable bonds is 3. The van der Waals surface area contributed by atoms with E-state index in [9.17, 15) is 0 Å². The lowest BCUT2D eigenvalue weighted by molar-refractivity contribution is 0.347. The monoisotopic (exact) mass is 390 g/mol. The van der Waals surface area contributed by atoms with Crippen LogP contribution in [0.2, 0.25) is 5.02 Å². The van der Waals surface area contributed by atoms with Gasteiger partial charge in [-0.1, -0.05) is 16.8 Å². The molecule has 0 radical (unpaired) electrons. The summed E-state index contributed by atoms with van der Waals surface area (Å²) in [7, 11) is 0. The van der Waals surface area contributed by atoms with Gasteiger partial charge in [0.2, 0.25) is 0 Å². The van der Waals surface area contributed by atoms with Crippen LogP contribution in [0.25, 0.3) is 0 Å². The number of aromatic nitrogens is 3. The second-order valence-corrected chi connectivity index (χ2v) is 6.90. The van der Waals surface area contributed by atoms with Crippen LogP contribution in [0.5, 0.6) is 0 Å². The van der Waals surface area contributed by atoms with Crippen LogP contribution in [0.15, 0.2) is 24.4 Å². The summed E-state index contributed by atoms with van der Waals surface area (Å²) in [5.74, 6) is 0. The fourth-order valence-electron chi connectivity index (χ4n) is 1.53. The van der Waals surface area contributed by atoms with Gasteiger partial charge >= 0.3 is 0 Å². The third-order valence-corrected chi connectivity index (χ3v) is 3.75. The van der Waals surface area contributed by atoms with Gasteiger partial charge in [0.15, 0.2) is 0 Å². The largest absolute Gasteiger partial charge is 0.378 e. The Morgan fingerprint density at radius 2 is 2.11 bits per heavy atom. The fraction of sp³-hybridized carbons (Fsp3) is 0.385. The van der Waals surface area contributed by atoms with Crippen molar-refractivity contribution in [2.75, 3.05) is 5.32 Å². The van der Waals surface area contributed by atoms with Crippen molar-refractivity contribution in [1.29, 1.82) is 0 Å². The maximum atomic E-state index is 5.93. The van der Waals surface area contributed by atoms with Crippen molar-refractivity contribution >= 4 is 39.9 Å². The number of halogens is 2. The van der Waals surface area contributed by atoms with E-state index in [2.05, 4.69) is 59.0 Å². The van der Waals surface area contributed by atoms with Gasteiger partial charge in [0.25, 0.3) is 0 Å². The van der Waals surface area contributed by atoms with Gasteiger partial charge in [0.1, 0.15) is 5.69 Å². The minimum atomic E-state index is -0.0417. The molecule has 1 heterocycles. The zero-order valence-electron chi connectivity index (χ0n) is 11.1. The Balaban J connectivity index is 2.04. The van der Waals surface area contributed by atoms with E-state index in [0.717, 1.165) is 20.0 Å². The molecule has 0 saturated carbocycles. The molecule has 0 amide bonds. The van der Waals surface area contributed by atoms with Crippen LogP contribution in [0, 0.1) is 3.57 Å². The van der Waals surface area contributed by atoms with Gasteiger partial charge in [0.05, 0.1) is 18.3 Å². The van der Waals surface area contributed by atoms with E-state index in [1.807, 2.05) is 29.1 Å². The highest BCUT2D eigenvalue weighted by Crippen LogP contribution is 2.22. The lowest BCUT2D eigenvalue weighted by Gasteiger charge is -2.17. The van der Waals surface area contributed by atoms with Crippen LogP contribution in [0.4, 0.5) is 5.69 Å². The zero-order valence-corrected chi connectivity index (χ0v) is 14.0. The molecule has 102 valence electrons. The molecular formula is C13H16ClIN4. The Morgan fingerprint density at radius 3 is 2.68 bits per heavy atom. The van der Waals surface area contributed by atoms with Crippen LogP contribution in [0.3, 0.4) is 0 Å². The van der Waals surface area contributed by atoms with E-state index >= 15 is 0 Å². The molecule has 4 nitrogen and oxygen atoms in total. The highest BCUT2D eigenvalue weighted by molar-refractivity contribution is 14.1. The van der Waals surface area contributed by atoms with E-state index in [4.69, 9.17) is 11.6 Å². The lowest BCUT2D eigenvalue weighted by atomic mass is 10.1. The Bertz CT molecular complexity index is 574. The molecule has 0 fully saturated rings. The average molecular weight is 391 g/mol. The molecular weight excluding hydrogens is 375 g/mol. The maximum Gasteiger partial charge on any atom is 0.102 e. The van der Waals surface area contributed by atoms with Crippen LogP contribution in [0.1, 0.15) is 26.5 Å². The lowest BCUT2D eigenvalue weighted by Crippen LogP contribution is -2.22. The first-order chi connectivity index (χ1) is 8.86. The molecule has 0 aliphatic carbocycles. The Morgan fingerprint density at radius 1 is 1.37 bits per heavy atom. The predicted octanol–water partition coefficient (Wildman–Crippen LogP) is 3.90. The highest BCUT2D eigenvalue weighted by Gasteiger charge is 2.14. The van der Waals surface area contributed by atoms with Crippen molar-refractivity contribution in [2.45, 2.75) is 32.9 Å². The SMILES string of the molecule is CC(C)(C)n1cc(CNc2ccc(Cl)cc2I)nn1. The van der Waals surface area contributed by atoms with E-state index in [-0.39, 0.29) is 5.54 Å². The number of nitrogens with one attached hydrogen (secondary N) is 1. The molecule has 2 rings (SSSR count). The highest BCUT2D eigenvalue weighted by atomic mass is 127. The van der Waals surface area contributed by atoms with Gasteiger partial charge in [0, 0.05) is 14.3 Å². The first-order valence-electron chi connectivity index (χ1n) is 5.97. The minimum absolute atomic E-state index is 0.0417. The summed E-state index contributed by atoms with van der Waals surface area (Å²) < 4.78 is 2.96. The van der Waals surface area contributed by atoms with Crippen molar-refractivity contribution in [3.8, 4) is 0 Å². The quantitative estimate of drug-likeness (QED) is 0.808. The zero-order chi connectivity index (χ0) is 14.0. The van der Waals surface area contributed by atoms with Gasteiger partial charge in [-0.05, 0) is 61.6 Å². The molecule has 0 aliphatic heterocycles. The summed E-state index contributed by atoms with van der Waals surface area (Å²) in [6.07, 6.45) is 1.97. The molecule has 19 heavy (non-hydrogen) atoms. The van der Waals surface area contributed by atoms with Crippen molar-refractivity contribution in [2.24, 2.45) is 0 Å². The number of nitrogens with zero attached hydrogens (tertiary/aromatic N) is 3. The predicted molar refractivity (Wildman–Crippen MR) is 86.5 cm³/mol. The topological polar surface area (TPSA) is 42.7 Å². The molecule has 0 unspecified atom stereocenters. The third-order valence-electron chi connectivity index (χ3n) is 2.62. The summed E-state index contributed by atoms with van der Waals surface area (Å²) in [6, 6.07) is 5.77. The van der Waals surface area contributed by atoms with E-state index in [1.165, 1.54) is 0 Å². The Kier molecular flexibility index (Phi) is 4.35. The van der Waals surface area contributed by atoms with Crippen LogP contribution in [-0.4, -0.2) is 15.0 Å². The average Bonchev–Trinajstić information content (AvgIpc) is 2.76. The second-order valence-electron chi connectivity index (χ2n) is 5.30. The first-order valence-corrected chi connectivity index (χ1v) is 7.42. The van der Waals surface area contributed by atoms with Gasteiger partial charge < -0.3 is 5.32 Å². The second kappa shape index (κ2) is 5.66. The minimum Gasteiger partial charge on any atom is -0.378 e. The van der Waals surface area contributed by atoms with Crippen molar-refractivity contribution in [3.05, 3.63) is 38.7 Å². The van der Waals surface area contributed by atoms with Crippen molar-refractivity contribution < 1.29 is 0 Å². The molecule has 0 bridgehead atoms. The molecule has 6 heteroatoms. The normalized spacial score (nSPS) is 11.6. The van der Waals surface area contributed by atoms with E-state index in [0.29, 0.717) is 6.54 Å². The van der Waals surface area contributed by atoms with Gasteiger partial charge in [-0.25, -0.2) is 4.68 Å².